The van der Waals surface area contributed by atoms with Crippen molar-refractivity contribution in [2.75, 3.05) is 13.2 Å². The Balaban J connectivity index is 0.000000503. The SMILES string of the molecule is CC.CC.CCC(=O)O.CCO.CCOC(=O)CC.O=S1(=O)OC2CC3CC2C1C3.O=S1(=O)OC2CC3CC2C1C3. The molecule has 6 aliphatic rings. The number of aliphatic hydroxyl groups is 1. The van der Waals surface area contributed by atoms with E-state index in [9.17, 15) is 26.4 Å². The summed E-state index contributed by atoms with van der Waals surface area (Å²) in [4.78, 5) is 19.6. The first-order valence-electron chi connectivity index (χ1n) is 15.2. The minimum absolute atomic E-state index is 0.0590. The molecule has 41 heavy (non-hydrogen) atoms. The molecule has 0 spiro atoms. The maximum Gasteiger partial charge on any atom is 0.305 e. The van der Waals surface area contributed by atoms with E-state index in [0.717, 1.165) is 38.5 Å². The van der Waals surface area contributed by atoms with E-state index >= 15 is 0 Å². The van der Waals surface area contributed by atoms with Crippen LogP contribution in [-0.4, -0.2) is 74.9 Å². The molecule has 0 aromatic rings. The van der Waals surface area contributed by atoms with Crippen molar-refractivity contribution < 1.29 is 49.7 Å². The fourth-order valence-electron chi connectivity index (χ4n) is 6.08. The summed E-state index contributed by atoms with van der Waals surface area (Å²) in [5.74, 6) is 1.13. The Labute approximate surface area is 248 Å². The number of carbonyl (C=O) groups excluding carboxylic acids is 1. The summed E-state index contributed by atoms with van der Waals surface area (Å²) < 4.78 is 59.6. The maximum atomic E-state index is 11.3. The van der Waals surface area contributed by atoms with Crippen LogP contribution in [0.5, 0.6) is 0 Å². The summed E-state index contributed by atoms with van der Waals surface area (Å²) in [6, 6.07) is 0. The third-order valence-electron chi connectivity index (χ3n) is 7.54. The van der Waals surface area contributed by atoms with Gasteiger partial charge in [0.05, 0.1) is 29.3 Å². The lowest BCUT2D eigenvalue weighted by Crippen LogP contribution is -2.21. The number of aliphatic hydroxyl groups excluding tert-OH is 1. The number of esters is 1. The molecule has 0 aromatic heterocycles. The number of aliphatic carboxylic acids is 1. The molecule has 244 valence electrons. The summed E-state index contributed by atoms with van der Waals surface area (Å²) >= 11 is 0. The Morgan fingerprint density at radius 3 is 1.22 bits per heavy atom. The van der Waals surface area contributed by atoms with Crippen LogP contribution in [0.15, 0.2) is 0 Å². The van der Waals surface area contributed by atoms with E-state index in [-0.39, 0.29) is 41.7 Å². The summed E-state index contributed by atoms with van der Waals surface area (Å²) in [6.07, 6.45) is 6.71. The number of carboxylic acid groups (broad SMARTS) is 1. The van der Waals surface area contributed by atoms with Gasteiger partial charge in [-0.15, -0.1) is 0 Å². The van der Waals surface area contributed by atoms with Gasteiger partial charge in [-0.1, -0.05) is 41.5 Å². The molecule has 2 aliphatic heterocycles. The first kappa shape index (κ1) is 39.7. The normalized spacial score (nSPS) is 33.7. The average Bonchev–Trinajstić information content (AvgIpc) is 3.75. The van der Waals surface area contributed by atoms with Gasteiger partial charge < -0.3 is 14.9 Å². The third-order valence-corrected chi connectivity index (χ3v) is 11.1. The van der Waals surface area contributed by atoms with Crippen molar-refractivity contribution in [1.82, 2.24) is 0 Å². The minimum atomic E-state index is -3.13. The van der Waals surface area contributed by atoms with E-state index in [1.54, 1.807) is 27.7 Å². The number of rotatable bonds is 3. The highest BCUT2D eigenvalue weighted by Crippen LogP contribution is 2.55. The Hall–Kier alpha value is -1.28. The van der Waals surface area contributed by atoms with E-state index in [0.29, 0.717) is 36.7 Å². The van der Waals surface area contributed by atoms with Crippen molar-refractivity contribution in [3.05, 3.63) is 0 Å². The van der Waals surface area contributed by atoms with Crippen LogP contribution in [0, 0.1) is 23.7 Å². The molecule has 6 rings (SSSR count). The lowest BCUT2D eigenvalue weighted by atomic mass is 9.98. The van der Waals surface area contributed by atoms with Gasteiger partial charge in [0.15, 0.2) is 0 Å². The van der Waals surface area contributed by atoms with E-state index in [1.807, 2.05) is 27.7 Å². The van der Waals surface area contributed by atoms with Gasteiger partial charge in [-0.05, 0) is 64.2 Å². The lowest BCUT2D eigenvalue weighted by molar-refractivity contribution is -0.142. The topological polar surface area (TPSA) is 171 Å². The van der Waals surface area contributed by atoms with Crippen LogP contribution in [0.25, 0.3) is 0 Å². The van der Waals surface area contributed by atoms with Gasteiger partial charge in [0.1, 0.15) is 0 Å². The molecule has 13 heteroatoms. The van der Waals surface area contributed by atoms with Crippen LogP contribution in [0.4, 0.5) is 0 Å². The zero-order valence-corrected chi connectivity index (χ0v) is 27.7. The molecule has 2 heterocycles. The number of carboxylic acids is 1. The van der Waals surface area contributed by atoms with Crippen molar-refractivity contribution in [2.45, 2.75) is 129 Å². The second kappa shape index (κ2) is 19.1. The standard InChI is InChI=1S/2C7H10O3S.C5H10O2.C3H6O2.C2H6O.2C2H6/c2*8-11(9)7-3-4-1-5(7)6(2-4)10-11;1-3-5(6)7-4-2;1-2-3(4)5;1-2-3;2*1-2/h2*4-7H,1-3H2;3-4H2,1-2H3;2H2,1H3,(H,4,5);3H,2H2,1H3;2*1-2H3. The Morgan fingerprint density at radius 1 is 0.707 bits per heavy atom. The molecule has 0 aromatic carbocycles. The predicted molar refractivity (Wildman–Crippen MR) is 157 cm³/mol. The van der Waals surface area contributed by atoms with Gasteiger partial charge in [0.2, 0.25) is 0 Å². The number of hydrogen-bond acceptors (Lipinski definition) is 10. The van der Waals surface area contributed by atoms with Crippen LogP contribution in [0.1, 0.15) is 107 Å². The molecule has 11 nitrogen and oxygen atoms in total. The fourth-order valence-corrected chi connectivity index (χ4v) is 9.94. The molecule has 6 fully saturated rings. The molecule has 2 N–H and O–H groups in total. The van der Waals surface area contributed by atoms with E-state index in [2.05, 4.69) is 4.74 Å². The van der Waals surface area contributed by atoms with Crippen molar-refractivity contribution in [1.29, 1.82) is 0 Å². The number of ether oxygens (including phenoxy) is 1. The molecule has 8 unspecified atom stereocenters. The molecule has 0 radical (unpaired) electrons. The van der Waals surface area contributed by atoms with E-state index < -0.39 is 26.2 Å². The van der Waals surface area contributed by atoms with Gasteiger partial charge >= 0.3 is 11.9 Å². The number of fused-ring (bicyclic) bond motifs is 2. The molecule has 4 saturated carbocycles. The van der Waals surface area contributed by atoms with Crippen LogP contribution in [0.3, 0.4) is 0 Å². The Kier molecular flexibility index (Phi) is 18.5. The van der Waals surface area contributed by atoms with Gasteiger partial charge in [0.25, 0.3) is 20.2 Å². The average molecular weight is 631 g/mol. The lowest BCUT2D eigenvalue weighted by Gasteiger charge is -2.11. The second-order valence-corrected chi connectivity index (χ2v) is 13.6. The molecule has 8 atom stereocenters. The molecule has 4 bridgehead atoms. The van der Waals surface area contributed by atoms with Crippen molar-refractivity contribution in [3.63, 3.8) is 0 Å². The van der Waals surface area contributed by atoms with Crippen LogP contribution in [-0.2, 0) is 42.9 Å². The molecular weight excluding hydrogens is 576 g/mol. The summed E-state index contributed by atoms with van der Waals surface area (Å²) in [6.45, 7) is 15.6. The van der Waals surface area contributed by atoms with Crippen LogP contribution in [0.2, 0.25) is 0 Å². The van der Waals surface area contributed by atoms with Crippen molar-refractivity contribution >= 4 is 32.2 Å². The zero-order chi connectivity index (χ0) is 32.0. The molecule has 0 amide bonds. The zero-order valence-electron chi connectivity index (χ0n) is 26.1. The maximum absolute atomic E-state index is 11.3. The Bertz CT molecular complexity index is 915. The quantitative estimate of drug-likeness (QED) is 0.332. The van der Waals surface area contributed by atoms with Crippen LogP contribution < -0.4 is 0 Å². The summed E-state index contributed by atoms with van der Waals surface area (Å²) in [5, 5.41) is 15.0. The van der Waals surface area contributed by atoms with Gasteiger partial charge in [0, 0.05) is 31.3 Å². The van der Waals surface area contributed by atoms with Crippen LogP contribution >= 0.6 is 0 Å². The van der Waals surface area contributed by atoms with E-state index in [4.69, 9.17) is 18.6 Å². The number of carbonyl (C=O) groups is 2. The first-order valence-corrected chi connectivity index (χ1v) is 18.1. The third kappa shape index (κ3) is 11.4. The highest BCUT2D eigenvalue weighted by atomic mass is 32.2. The summed E-state index contributed by atoms with van der Waals surface area (Å²) in [5.41, 5.74) is 0. The second-order valence-electron chi connectivity index (χ2n) is 10.0. The van der Waals surface area contributed by atoms with Gasteiger partial charge in [-0.3, -0.25) is 18.0 Å². The first-order chi connectivity index (χ1) is 19.3. The molecular formula is C28H54O11S2. The minimum Gasteiger partial charge on any atom is -0.481 e. The monoisotopic (exact) mass is 630 g/mol. The fraction of sp³-hybridized carbons (Fsp3) is 0.929. The van der Waals surface area contributed by atoms with E-state index in [1.165, 1.54) is 0 Å². The predicted octanol–water partition coefficient (Wildman–Crippen LogP) is 4.52. The highest BCUT2D eigenvalue weighted by molar-refractivity contribution is 7.87. The largest absolute Gasteiger partial charge is 0.481 e. The molecule has 4 aliphatic carbocycles. The smallest absolute Gasteiger partial charge is 0.305 e. The van der Waals surface area contributed by atoms with Crippen molar-refractivity contribution in [2.24, 2.45) is 23.7 Å². The molecule has 2 saturated heterocycles. The highest BCUT2D eigenvalue weighted by Gasteiger charge is 2.60. The van der Waals surface area contributed by atoms with Gasteiger partial charge in [-0.2, -0.15) is 16.8 Å². The van der Waals surface area contributed by atoms with Gasteiger partial charge in [-0.25, -0.2) is 0 Å². The summed E-state index contributed by atoms with van der Waals surface area (Å²) in [7, 11) is -6.26. The Morgan fingerprint density at radius 2 is 1.05 bits per heavy atom. The van der Waals surface area contributed by atoms with Crippen molar-refractivity contribution in [3.8, 4) is 0 Å². The number of hydrogen-bond donors (Lipinski definition) is 2.